The molecule has 1 aliphatic carbocycles. The monoisotopic (exact) mass is 504 g/mol. The first-order valence-electron chi connectivity index (χ1n) is 13.2. The van der Waals surface area contributed by atoms with Crippen LogP contribution in [0.2, 0.25) is 0 Å². The molecule has 1 saturated carbocycles. The first-order chi connectivity index (χ1) is 17.3. The van der Waals surface area contributed by atoms with Crippen molar-refractivity contribution in [3.8, 4) is 0 Å². The number of benzene rings is 3. The Balaban J connectivity index is 1.83. The van der Waals surface area contributed by atoms with Crippen LogP contribution < -0.4 is 15.5 Å². The van der Waals surface area contributed by atoms with Crippen LogP contribution in [0.25, 0.3) is 0 Å². The van der Waals surface area contributed by atoms with Crippen molar-refractivity contribution < 1.29 is 9.09 Å². The van der Waals surface area contributed by atoms with Gasteiger partial charge in [0, 0.05) is 30.8 Å². The lowest BCUT2D eigenvalue weighted by molar-refractivity contribution is 0.0489. The number of hydrogen-bond acceptors (Lipinski definition) is 4. The van der Waals surface area contributed by atoms with E-state index in [4.69, 9.17) is 4.52 Å². The summed E-state index contributed by atoms with van der Waals surface area (Å²) in [6.45, 7) is 6.83. The molecule has 4 nitrogen and oxygen atoms in total. The van der Waals surface area contributed by atoms with Gasteiger partial charge in [0.15, 0.2) is 0 Å². The third-order valence-corrected chi connectivity index (χ3v) is 10.2. The van der Waals surface area contributed by atoms with Crippen molar-refractivity contribution in [3.05, 3.63) is 90.5 Å². The van der Waals surface area contributed by atoms with Gasteiger partial charge in [0.1, 0.15) is 5.78 Å². The summed E-state index contributed by atoms with van der Waals surface area (Å²) in [5.41, 5.74) is 2.97. The number of rotatable bonds is 9. The SMILES string of the molecule is CC(C)[C@@H]1CC[C@@H](C)C[C@H]1O[P@@](=O)(c1ccc(N(C)C)cc1)[C@H](Nc1ccccc1)c1ccccc1. The Morgan fingerprint density at radius 3 is 2.08 bits per heavy atom. The number of para-hydroxylation sites is 1. The first kappa shape index (κ1) is 26.5. The van der Waals surface area contributed by atoms with E-state index in [2.05, 4.69) is 31.0 Å². The summed E-state index contributed by atoms with van der Waals surface area (Å²) in [6.07, 6.45) is 3.21. The predicted molar refractivity (Wildman–Crippen MR) is 153 cm³/mol. The molecular weight excluding hydrogens is 463 g/mol. The van der Waals surface area contributed by atoms with E-state index in [9.17, 15) is 0 Å². The highest BCUT2D eigenvalue weighted by Gasteiger charge is 2.43. The van der Waals surface area contributed by atoms with Gasteiger partial charge in [0.25, 0.3) is 7.37 Å². The van der Waals surface area contributed by atoms with Crippen LogP contribution in [0.3, 0.4) is 0 Å². The minimum Gasteiger partial charge on any atom is -0.378 e. The quantitative estimate of drug-likeness (QED) is 0.300. The average Bonchev–Trinajstić information content (AvgIpc) is 2.88. The second-order valence-electron chi connectivity index (χ2n) is 10.8. The Morgan fingerprint density at radius 2 is 1.50 bits per heavy atom. The van der Waals surface area contributed by atoms with Crippen LogP contribution in [0.15, 0.2) is 84.9 Å². The van der Waals surface area contributed by atoms with Crippen molar-refractivity contribution in [3.63, 3.8) is 0 Å². The van der Waals surface area contributed by atoms with E-state index in [0.29, 0.717) is 17.8 Å². The molecule has 3 aromatic rings. The molecule has 5 atom stereocenters. The lowest BCUT2D eigenvalue weighted by atomic mass is 9.75. The van der Waals surface area contributed by atoms with Gasteiger partial charge in [0.05, 0.1) is 6.10 Å². The fourth-order valence-corrected chi connectivity index (χ4v) is 7.99. The van der Waals surface area contributed by atoms with Crippen LogP contribution >= 0.6 is 7.37 Å². The van der Waals surface area contributed by atoms with Gasteiger partial charge in [0.2, 0.25) is 0 Å². The molecule has 36 heavy (non-hydrogen) atoms. The van der Waals surface area contributed by atoms with Crippen molar-refractivity contribution in [2.45, 2.75) is 51.9 Å². The average molecular weight is 505 g/mol. The molecular formula is C31H41N2O2P. The zero-order valence-electron chi connectivity index (χ0n) is 22.3. The molecule has 3 aromatic carbocycles. The second-order valence-corrected chi connectivity index (χ2v) is 13.2. The van der Waals surface area contributed by atoms with Gasteiger partial charge in [-0.3, -0.25) is 4.57 Å². The maximum Gasteiger partial charge on any atom is 0.258 e. The molecule has 0 bridgehead atoms. The van der Waals surface area contributed by atoms with Gasteiger partial charge in [-0.05, 0) is 72.6 Å². The van der Waals surface area contributed by atoms with Gasteiger partial charge < -0.3 is 14.7 Å². The summed E-state index contributed by atoms with van der Waals surface area (Å²) in [4.78, 5) is 2.06. The first-order valence-corrected chi connectivity index (χ1v) is 14.9. The van der Waals surface area contributed by atoms with Gasteiger partial charge in [-0.25, -0.2) is 0 Å². The van der Waals surface area contributed by atoms with Gasteiger partial charge in [-0.2, -0.15) is 0 Å². The largest absolute Gasteiger partial charge is 0.378 e. The van der Waals surface area contributed by atoms with Crippen molar-refractivity contribution >= 4 is 24.0 Å². The molecule has 5 heteroatoms. The van der Waals surface area contributed by atoms with Crippen LogP contribution in [0.5, 0.6) is 0 Å². The molecule has 0 amide bonds. The van der Waals surface area contributed by atoms with E-state index in [1.54, 1.807) is 0 Å². The molecule has 0 unspecified atom stereocenters. The number of nitrogens with one attached hydrogen (secondary N) is 1. The highest BCUT2D eigenvalue weighted by molar-refractivity contribution is 7.67. The molecule has 1 fully saturated rings. The lowest BCUT2D eigenvalue weighted by Gasteiger charge is -2.41. The van der Waals surface area contributed by atoms with Crippen LogP contribution in [-0.2, 0) is 9.09 Å². The van der Waals surface area contributed by atoms with Crippen LogP contribution in [-0.4, -0.2) is 20.2 Å². The number of hydrogen-bond donors (Lipinski definition) is 1. The zero-order chi connectivity index (χ0) is 25.7. The van der Waals surface area contributed by atoms with Crippen LogP contribution in [0.4, 0.5) is 11.4 Å². The number of anilines is 2. The zero-order valence-corrected chi connectivity index (χ0v) is 23.2. The molecule has 0 heterocycles. The fraction of sp³-hybridized carbons (Fsp3) is 0.419. The molecule has 1 N–H and O–H groups in total. The van der Waals surface area contributed by atoms with E-state index >= 15 is 4.57 Å². The summed E-state index contributed by atoms with van der Waals surface area (Å²) >= 11 is 0. The minimum absolute atomic E-state index is 0.0445. The minimum atomic E-state index is -3.42. The van der Waals surface area contributed by atoms with Gasteiger partial charge in [-0.1, -0.05) is 75.7 Å². The van der Waals surface area contributed by atoms with Crippen LogP contribution in [0, 0.1) is 17.8 Å². The molecule has 0 aliphatic heterocycles. The Bertz CT molecular complexity index is 1130. The van der Waals surface area contributed by atoms with Gasteiger partial charge in [-0.15, -0.1) is 0 Å². The van der Waals surface area contributed by atoms with E-state index in [-0.39, 0.29) is 6.10 Å². The van der Waals surface area contributed by atoms with Crippen molar-refractivity contribution in [2.24, 2.45) is 17.8 Å². The van der Waals surface area contributed by atoms with Crippen LogP contribution in [0.1, 0.15) is 51.4 Å². The summed E-state index contributed by atoms with van der Waals surface area (Å²) < 4.78 is 22.4. The van der Waals surface area contributed by atoms with E-state index in [1.165, 1.54) is 6.42 Å². The van der Waals surface area contributed by atoms with Crippen molar-refractivity contribution in [2.75, 3.05) is 24.3 Å². The van der Waals surface area contributed by atoms with Gasteiger partial charge >= 0.3 is 0 Å². The molecule has 4 rings (SSSR count). The second kappa shape index (κ2) is 11.7. The molecule has 192 valence electrons. The highest BCUT2D eigenvalue weighted by atomic mass is 31.2. The topological polar surface area (TPSA) is 41.6 Å². The fourth-order valence-electron chi connectivity index (χ4n) is 5.36. The molecule has 1 aliphatic rings. The Labute approximate surface area is 217 Å². The third-order valence-electron chi connectivity index (χ3n) is 7.51. The predicted octanol–water partition coefficient (Wildman–Crippen LogP) is 7.94. The standard InChI is InChI=1S/C31H41N2O2P/c1-23(2)29-21-16-24(3)22-30(29)35-36(34,28-19-17-27(18-20-28)33(4)5)31(25-12-8-6-9-13-25)32-26-14-10-7-11-15-26/h6-15,17-20,23-24,29-32H,16,21-22H2,1-5H3/t24-,29+,30-,31+,36+/m1/s1. The summed E-state index contributed by atoms with van der Waals surface area (Å²) in [5, 5.41) is 4.37. The Kier molecular flexibility index (Phi) is 8.59. The maximum atomic E-state index is 15.4. The van der Waals surface area contributed by atoms with E-state index in [0.717, 1.165) is 35.1 Å². The Hall–Kier alpha value is -2.55. The highest BCUT2D eigenvalue weighted by Crippen LogP contribution is 2.61. The Morgan fingerprint density at radius 1 is 0.889 bits per heavy atom. The third kappa shape index (κ3) is 6.05. The molecule has 0 radical (unpaired) electrons. The molecule has 0 spiro atoms. The molecule has 0 saturated heterocycles. The van der Waals surface area contributed by atoms with E-state index < -0.39 is 13.2 Å². The normalized spacial score (nSPS) is 22.6. The smallest absolute Gasteiger partial charge is 0.258 e. The summed E-state index contributed by atoms with van der Waals surface area (Å²) in [5.74, 6) is 0.927. The van der Waals surface area contributed by atoms with E-state index in [1.807, 2.05) is 99.0 Å². The van der Waals surface area contributed by atoms with Crippen molar-refractivity contribution in [1.29, 1.82) is 0 Å². The number of nitrogens with zero attached hydrogens (tertiary/aromatic N) is 1. The lowest BCUT2D eigenvalue weighted by Crippen LogP contribution is -2.35. The van der Waals surface area contributed by atoms with Crippen molar-refractivity contribution in [1.82, 2.24) is 0 Å². The molecule has 0 aromatic heterocycles. The summed E-state index contributed by atoms with van der Waals surface area (Å²) in [6, 6.07) is 28.2. The maximum absolute atomic E-state index is 15.4. The summed E-state index contributed by atoms with van der Waals surface area (Å²) in [7, 11) is 0.618.